The molecule has 1 N–H and O–H groups in total. The summed E-state index contributed by atoms with van der Waals surface area (Å²) in [5.74, 6) is 1.96. The van der Waals surface area contributed by atoms with Gasteiger partial charge in [0.25, 0.3) is 12.3 Å². The molecule has 1 aliphatic rings. The molecule has 0 atom stereocenters. The Morgan fingerprint density at radius 1 is 1.52 bits per heavy atom. The van der Waals surface area contributed by atoms with E-state index in [4.69, 9.17) is 11.2 Å². The third kappa shape index (κ3) is 4.74. The van der Waals surface area contributed by atoms with Crippen LogP contribution in [0.4, 0.5) is 8.78 Å². The van der Waals surface area contributed by atoms with E-state index in [-0.39, 0.29) is 11.4 Å². The number of aryl methyl sites for hydroxylation is 1. The molecular formula is C14H17F2N5O2. The predicted octanol–water partition coefficient (Wildman–Crippen LogP) is 1.76. The Labute approximate surface area is 132 Å². The lowest BCUT2D eigenvalue weighted by Crippen LogP contribution is -2.28. The van der Waals surface area contributed by atoms with E-state index in [1.807, 2.05) is 0 Å². The molecule has 0 aliphatic carbocycles. The summed E-state index contributed by atoms with van der Waals surface area (Å²) in [5, 5.41) is 14.5. The maximum absolute atomic E-state index is 12.2. The maximum Gasteiger partial charge on any atom is 0.272 e. The summed E-state index contributed by atoms with van der Waals surface area (Å²) >= 11 is 0. The minimum absolute atomic E-state index is 0.107. The van der Waals surface area contributed by atoms with Gasteiger partial charge < -0.3 is 10.1 Å². The first-order valence-electron chi connectivity index (χ1n) is 7.06. The Morgan fingerprint density at radius 2 is 2.26 bits per heavy atom. The maximum atomic E-state index is 12.2. The first-order chi connectivity index (χ1) is 11.0. The number of carbonyl (C=O) groups excluding carboxylic acids is 1. The zero-order chi connectivity index (χ0) is 16.9. The fourth-order valence-electron chi connectivity index (χ4n) is 2.01. The number of nitrogens with zero attached hydrogens (tertiary/aromatic N) is 4. The summed E-state index contributed by atoms with van der Waals surface area (Å²) in [6, 6.07) is 0. The molecule has 1 amide bonds. The average Bonchev–Trinajstić information content (AvgIpc) is 3.17. The molecule has 2 rings (SSSR count). The van der Waals surface area contributed by atoms with E-state index in [0.717, 1.165) is 0 Å². The minimum atomic E-state index is -2.64. The molecule has 1 aliphatic heterocycles. The zero-order valence-corrected chi connectivity index (χ0v) is 12.6. The Bertz CT molecular complexity index is 630. The van der Waals surface area contributed by atoms with Gasteiger partial charge in [-0.05, 0) is 0 Å². The summed E-state index contributed by atoms with van der Waals surface area (Å²) in [4.78, 5) is 12.1. The molecule has 9 heteroatoms. The summed E-state index contributed by atoms with van der Waals surface area (Å²) in [6.07, 6.45) is 5.73. The number of hydrogen-bond donors (Lipinski definition) is 1. The van der Waals surface area contributed by atoms with E-state index in [9.17, 15) is 13.6 Å². The molecule has 0 fully saturated rings. The Kier molecular flexibility index (Phi) is 5.26. The van der Waals surface area contributed by atoms with Crippen LogP contribution in [0.25, 0.3) is 0 Å². The topological polar surface area (TPSA) is 80.9 Å². The number of aromatic nitrogens is 2. The van der Waals surface area contributed by atoms with Crippen LogP contribution < -0.4 is 10.1 Å². The number of carbonyl (C=O) groups is 1. The van der Waals surface area contributed by atoms with E-state index in [2.05, 4.69) is 26.6 Å². The van der Waals surface area contributed by atoms with Crippen molar-refractivity contribution in [3.8, 4) is 18.2 Å². The van der Waals surface area contributed by atoms with Crippen LogP contribution >= 0.6 is 0 Å². The molecular weight excluding hydrogens is 308 g/mol. The summed E-state index contributed by atoms with van der Waals surface area (Å²) in [7, 11) is 1.57. The van der Waals surface area contributed by atoms with E-state index in [1.165, 1.54) is 10.9 Å². The highest BCUT2D eigenvalue weighted by atomic mass is 19.3. The monoisotopic (exact) mass is 325 g/mol. The van der Waals surface area contributed by atoms with Gasteiger partial charge >= 0.3 is 0 Å². The molecule has 124 valence electrons. The van der Waals surface area contributed by atoms with Crippen LogP contribution in [0.2, 0.25) is 0 Å². The zero-order valence-electron chi connectivity index (χ0n) is 12.6. The van der Waals surface area contributed by atoms with Crippen molar-refractivity contribution in [1.29, 1.82) is 0 Å². The fraction of sp³-hybridized carbons (Fsp3) is 0.571. The van der Waals surface area contributed by atoms with Gasteiger partial charge in [0.1, 0.15) is 5.56 Å². The average molecular weight is 325 g/mol. The van der Waals surface area contributed by atoms with E-state index in [0.29, 0.717) is 25.8 Å². The highest BCUT2D eigenvalue weighted by Crippen LogP contribution is 2.36. The van der Waals surface area contributed by atoms with Gasteiger partial charge in [-0.15, -0.1) is 17.4 Å². The van der Waals surface area contributed by atoms with Crippen molar-refractivity contribution in [1.82, 2.24) is 15.1 Å². The van der Waals surface area contributed by atoms with E-state index < -0.39 is 24.6 Å². The fourth-order valence-corrected chi connectivity index (χ4v) is 2.01. The van der Waals surface area contributed by atoms with Crippen LogP contribution in [0.15, 0.2) is 16.4 Å². The van der Waals surface area contributed by atoms with Crippen molar-refractivity contribution in [3.05, 3.63) is 11.8 Å². The molecule has 0 unspecified atom stereocenters. The number of rotatable bonds is 9. The second kappa shape index (κ2) is 7.17. The molecule has 0 saturated carbocycles. The van der Waals surface area contributed by atoms with Gasteiger partial charge in [-0.1, -0.05) is 0 Å². The van der Waals surface area contributed by atoms with Crippen LogP contribution in [-0.2, 0) is 7.05 Å². The van der Waals surface area contributed by atoms with Crippen LogP contribution in [0.3, 0.4) is 0 Å². The molecule has 7 nitrogen and oxygen atoms in total. The Hall–Kier alpha value is -2.50. The normalized spacial score (nSPS) is 14.6. The van der Waals surface area contributed by atoms with Crippen LogP contribution in [0.5, 0.6) is 5.88 Å². The third-order valence-corrected chi connectivity index (χ3v) is 3.25. The van der Waals surface area contributed by atoms with Crippen LogP contribution in [0, 0.1) is 12.3 Å². The van der Waals surface area contributed by atoms with Gasteiger partial charge in [0.15, 0.2) is 12.3 Å². The lowest BCUT2D eigenvalue weighted by molar-refractivity contribution is 0.0772. The second-order valence-electron chi connectivity index (χ2n) is 5.12. The summed E-state index contributed by atoms with van der Waals surface area (Å²) in [5.41, 5.74) is -0.376. The number of halogens is 2. The first-order valence-corrected chi connectivity index (χ1v) is 7.06. The highest BCUT2D eigenvalue weighted by Gasteiger charge is 2.38. The molecule has 2 heterocycles. The van der Waals surface area contributed by atoms with Gasteiger partial charge in [-0.3, -0.25) is 9.48 Å². The molecule has 0 aromatic carbocycles. The molecule has 1 aromatic heterocycles. The van der Waals surface area contributed by atoms with Crippen molar-refractivity contribution in [2.24, 2.45) is 17.3 Å². The summed E-state index contributed by atoms with van der Waals surface area (Å²) < 4.78 is 30.6. The standard InChI is InChI=1S/C14H17F2N5O2/c1-3-4-5-14(19-20-14)6-7-17-12(22)10-8-21(2)18-13(10)23-9-11(15)16/h1,8,11H,4-7,9H2,2H3,(H,17,22). The van der Waals surface area contributed by atoms with Crippen molar-refractivity contribution in [2.75, 3.05) is 13.2 Å². The summed E-state index contributed by atoms with van der Waals surface area (Å²) in [6.45, 7) is -0.482. The number of terminal acetylenes is 1. The number of ether oxygens (including phenoxy) is 1. The Morgan fingerprint density at radius 3 is 2.87 bits per heavy atom. The minimum Gasteiger partial charge on any atom is -0.470 e. The molecule has 0 radical (unpaired) electrons. The lowest BCUT2D eigenvalue weighted by Gasteiger charge is -2.10. The molecule has 23 heavy (non-hydrogen) atoms. The van der Waals surface area contributed by atoms with Crippen molar-refractivity contribution in [3.63, 3.8) is 0 Å². The van der Waals surface area contributed by atoms with Crippen molar-refractivity contribution in [2.45, 2.75) is 31.4 Å². The molecule has 0 saturated heterocycles. The SMILES string of the molecule is C#CCCC1(CCNC(=O)c2cn(C)nc2OCC(F)F)N=N1. The molecule has 0 spiro atoms. The quantitative estimate of drug-likeness (QED) is 0.703. The van der Waals surface area contributed by atoms with Crippen molar-refractivity contribution >= 4 is 5.91 Å². The third-order valence-electron chi connectivity index (χ3n) is 3.25. The lowest BCUT2D eigenvalue weighted by atomic mass is 10.0. The van der Waals surface area contributed by atoms with Gasteiger partial charge in [0, 0.05) is 39.1 Å². The second-order valence-corrected chi connectivity index (χ2v) is 5.12. The van der Waals surface area contributed by atoms with Gasteiger partial charge in [0.2, 0.25) is 5.88 Å². The van der Waals surface area contributed by atoms with Gasteiger partial charge in [-0.25, -0.2) is 8.78 Å². The molecule has 0 bridgehead atoms. The number of amides is 1. The number of alkyl halides is 2. The predicted molar refractivity (Wildman–Crippen MR) is 77.3 cm³/mol. The number of nitrogens with one attached hydrogen (secondary N) is 1. The smallest absolute Gasteiger partial charge is 0.272 e. The Balaban J connectivity index is 1.85. The van der Waals surface area contributed by atoms with Gasteiger partial charge in [-0.2, -0.15) is 10.2 Å². The largest absolute Gasteiger partial charge is 0.470 e. The van der Waals surface area contributed by atoms with Crippen molar-refractivity contribution < 1.29 is 18.3 Å². The van der Waals surface area contributed by atoms with Crippen LogP contribution in [0.1, 0.15) is 29.6 Å². The van der Waals surface area contributed by atoms with E-state index >= 15 is 0 Å². The van der Waals surface area contributed by atoms with Crippen LogP contribution in [-0.4, -0.2) is 40.9 Å². The van der Waals surface area contributed by atoms with Gasteiger partial charge in [0.05, 0.1) is 0 Å². The molecule has 1 aromatic rings. The first kappa shape index (κ1) is 16.9. The highest BCUT2D eigenvalue weighted by molar-refractivity contribution is 5.96. The number of hydrogen-bond acceptors (Lipinski definition) is 5. The van der Waals surface area contributed by atoms with E-state index in [1.54, 1.807) is 7.05 Å².